The fraction of sp³-hybridized carbons (Fsp3) is 0.154. The molecule has 0 aliphatic heterocycles. The summed E-state index contributed by atoms with van der Waals surface area (Å²) in [6.07, 6.45) is 0. The Morgan fingerprint density at radius 2 is 1.18 bits per heavy atom. The lowest BCUT2D eigenvalue weighted by molar-refractivity contribution is 0.269. The van der Waals surface area contributed by atoms with Crippen LogP contribution in [0.4, 0.5) is 17.1 Å². The molecular formula is C26H23Br2N3O2. The Morgan fingerprint density at radius 3 is 1.73 bits per heavy atom. The van der Waals surface area contributed by atoms with Gasteiger partial charge in [-0.3, -0.25) is 9.59 Å². The molecule has 7 heteroatoms. The number of para-hydroxylation sites is 1. The molecule has 0 saturated carbocycles. The van der Waals surface area contributed by atoms with Crippen molar-refractivity contribution < 1.29 is 0 Å². The molecule has 0 spiro atoms. The SMILES string of the molecule is CN(C)[C@H](c1ccccc1)[C@H](Nc1c(Nc2c(Br)cccc2Br)c(=O)c1=O)c1ccccc1. The van der Waals surface area contributed by atoms with Gasteiger partial charge < -0.3 is 15.5 Å². The first kappa shape index (κ1) is 23.4. The second-order valence-electron chi connectivity index (χ2n) is 7.98. The molecule has 0 saturated heterocycles. The smallest absolute Gasteiger partial charge is 0.253 e. The Bertz CT molecular complexity index is 1300. The predicted octanol–water partition coefficient (Wildman–Crippen LogP) is 6.01. The van der Waals surface area contributed by atoms with Crippen LogP contribution in [0, 0.1) is 0 Å². The van der Waals surface area contributed by atoms with Gasteiger partial charge in [-0.2, -0.15) is 0 Å². The van der Waals surface area contributed by atoms with E-state index in [0.29, 0.717) is 11.4 Å². The van der Waals surface area contributed by atoms with Gasteiger partial charge in [0.1, 0.15) is 11.4 Å². The molecule has 33 heavy (non-hydrogen) atoms. The van der Waals surface area contributed by atoms with Crippen LogP contribution in [-0.2, 0) is 0 Å². The highest BCUT2D eigenvalue weighted by Crippen LogP contribution is 2.38. The lowest BCUT2D eigenvalue weighted by Gasteiger charge is -2.35. The summed E-state index contributed by atoms with van der Waals surface area (Å²) >= 11 is 7.01. The molecule has 168 valence electrons. The van der Waals surface area contributed by atoms with Gasteiger partial charge in [0.25, 0.3) is 10.9 Å². The lowest BCUT2D eigenvalue weighted by Crippen LogP contribution is -2.40. The van der Waals surface area contributed by atoms with Crippen LogP contribution in [0.25, 0.3) is 0 Å². The summed E-state index contributed by atoms with van der Waals surface area (Å²) in [4.78, 5) is 27.3. The molecule has 0 unspecified atom stereocenters. The van der Waals surface area contributed by atoms with Crippen molar-refractivity contribution in [2.45, 2.75) is 12.1 Å². The summed E-state index contributed by atoms with van der Waals surface area (Å²) in [5, 5.41) is 6.56. The molecule has 0 bridgehead atoms. The van der Waals surface area contributed by atoms with Crippen LogP contribution >= 0.6 is 31.9 Å². The van der Waals surface area contributed by atoms with Gasteiger partial charge >= 0.3 is 0 Å². The molecule has 0 radical (unpaired) electrons. The van der Waals surface area contributed by atoms with Crippen LogP contribution in [-0.4, -0.2) is 19.0 Å². The summed E-state index contributed by atoms with van der Waals surface area (Å²) in [6.45, 7) is 0. The number of nitrogens with zero attached hydrogens (tertiary/aromatic N) is 1. The Morgan fingerprint density at radius 1 is 0.667 bits per heavy atom. The summed E-state index contributed by atoms with van der Waals surface area (Å²) < 4.78 is 1.57. The highest BCUT2D eigenvalue weighted by Gasteiger charge is 2.31. The van der Waals surface area contributed by atoms with Crippen molar-refractivity contribution in [3.8, 4) is 0 Å². The molecule has 0 aromatic heterocycles. The Balaban J connectivity index is 1.76. The maximum Gasteiger partial charge on any atom is 0.253 e. The van der Waals surface area contributed by atoms with Crippen LogP contribution in [0.3, 0.4) is 0 Å². The van der Waals surface area contributed by atoms with Crippen molar-refractivity contribution in [2.75, 3.05) is 24.7 Å². The Kier molecular flexibility index (Phi) is 7.12. The first-order valence-electron chi connectivity index (χ1n) is 10.5. The number of likely N-dealkylation sites (N-methyl/N-ethyl adjacent to an activating group) is 1. The van der Waals surface area contributed by atoms with Gasteiger partial charge in [-0.15, -0.1) is 0 Å². The van der Waals surface area contributed by atoms with Gasteiger partial charge in [-0.05, 0) is 69.2 Å². The number of rotatable bonds is 8. The third-order valence-corrected chi connectivity index (χ3v) is 6.92. The minimum absolute atomic E-state index is 0.0824. The normalized spacial score (nSPS) is 13.1. The number of hydrogen-bond acceptors (Lipinski definition) is 5. The monoisotopic (exact) mass is 567 g/mol. The highest BCUT2D eigenvalue weighted by molar-refractivity contribution is 9.11. The molecule has 0 heterocycles. The Labute approximate surface area is 209 Å². The van der Waals surface area contributed by atoms with Crippen LogP contribution in [0.15, 0.2) is 97.4 Å². The van der Waals surface area contributed by atoms with Crippen molar-refractivity contribution in [3.05, 3.63) is 119 Å². The van der Waals surface area contributed by atoms with Crippen LogP contribution in [0.1, 0.15) is 23.2 Å². The fourth-order valence-corrected chi connectivity index (χ4v) is 5.19. The minimum Gasteiger partial charge on any atom is -0.371 e. The number of nitrogens with one attached hydrogen (secondary N) is 2. The van der Waals surface area contributed by atoms with Gasteiger partial charge in [-0.25, -0.2) is 0 Å². The molecular weight excluding hydrogens is 546 g/mol. The zero-order valence-electron chi connectivity index (χ0n) is 18.2. The molecule has 2 atom stereocenters. The molecule has 2 N–H and O–H groups in total. The van der Waals surface area contributed by atoms with Gasteiger partial charge in [-0.1, -0.05) is 66.7 Å². The van der Waals surface area contributed by atoms with E-state index >= 15 is 0 Å². The van der Waals surface area contributed by atoms with Gasteiger partial charge in [0.05, 0.1) is 17.8 Å². The number of hydrogen-bond donors (Lipinski definition) is 2. The zero-order chi connectivity index (χ0) is 23.5. The van der Waals surface area contributed by atoms with Crippen molar-refractivity contribution >= 4 is 48.9 Å². The third-order valence-electron chi connectivity index (χ3n) is 5.59. The molecule has 0 amide bonds. The first-order valence-corrected chi connectivity index (χ1v) is 12.0. The third kappa shape index (κ3) is 4.81. The largest absolute Gasteiger partial charge is 0.371 e. The van der Waals surface area contributed by atoms with Gasteiger partial charge in [0.2, 0.25) is 0 Å². The van der Waals surface area contributed by atoms with Crippen molar-refractivity contribution in [3.63, 3.8) is 0 Å². The van der Waals surface area contributed by atoms with E-state index in [4.69, 9.17) is 0 Å². The molecule has 0 aliphatic rings. The number of anilines is 3. The van der Waals surface area contributed by atoms with Crippen molar-refractivity contribution in [2.24, 2.45) is 0 Å². The van der Waals surface area contributed by atoms with Crippen molar-refractivity contribution in [1.29, 1.82) is 0 Å². The van der Waals surface area contributed by atoms with E-state index in [1.54, 1.807) is 0 Å². The van der Waals surface area contributed by atoms with Gasteiger partial charge in [0.15, 0.2) is 0 Å². The summed E-state index contributed by atoms with van der Waals surface area (Å²) in [7, 11) is 4.02. The summed E-state index contributed by atoms with van der Waals surface area (Å²) in [5.41, 5.74) is 2.31. The highest BCUT2D eigenvalue weighted by atomic mass is 79.9. The van der Waals surface area contributed by atoms with E-state index in [1.165, 1.54) is 0 Å². The maximum atomic E-state index is 12.7. The summed E-state index contributed by atoms with van der Waals surface area (Å²) in [6, 6.07) is 25.4. The van der Waals surface area contributed by atoms with E-state index in [9.17, 15) is 9.59 Å². The quantitative estimate of drug-likeness (QED) is 0.255. The summed E-state index contributed by atoms with van der Waals surface area (Å²) in [5.74, 6) is 0. The zero-order valence-corrected chi connectivity index (χ0v) is 21.4. The average Bonchev–Trinajstić information content (AvgIpc) is 2.82. The number of benzene rings is 3. The molecule has 4 rings (SSSR count). The van der Waals surface area contributed by atoms with E-state index in [1.807, 2.05) is 80.8 Å². The van der Waals surface area contributed by atoms with Crippen LogP contribution in [0.5, 0.6) is 0 Å². The predicted molar refractivity (Wildman–Crippen MR) is 142 cm³/mol. The van der Waals surface area contributed by atoms with E-state index in [2.05, 4.69) is 59.5 Å². The molecule has 5 nitrogen and oxygen atoms in total. The Hall–Kier alpha value is -2.74. The second-order valence-corrected chi connectivity index (χ2v) is 9.69. The molecule has 4 aromatic rings. The lowest BCUT2D eigenvalue weighted by atomic mass is 9.91. The van der Waals surface area contributed by atoms with E-state index in [0.717, 1.165) is 20.1 Å². The van der Waals surface area contributed by atoms with E-state index < -0.39 is 10.9 Å². The van der Waals surface area contributed by atoms with Crippen LogP contribution < -0.4 is 21.5 Å². The molecule has 4 aromatic carbocycles. The topological polar surface area (TPSA) is 61.4 Å². The standard InChI is InChI=1S/C26H23Br2N3O2/c1-31(2)24(17-12-7-4-8-13-17)20(16-10-5-3-6-11-16)29-22-23(26(33)25(22)32)30-21-18(27)14-9-15-19(21)28/h3-15,20,24,29-30H,1-2H3/t20-,24-/m1/s1. The second kappa shape index (κ2) is 10.0. The van der Waals surface area contributed by atoms with Crippen molar-refractivity contribution in [1.82, 2.24) is 4.90 Å². The first-order chi connectivity index (χ1) is 15.9. The van der Waals surface area contributed by atoms with Gasteiger partial charge in [0, 0.05) is 8.95 Å². The van der Waals surface area contributed by atoms with E-state index in [-0.39, 0.29) is 17.8 Å². The maximum absolute atomic E-state index is 12.7. The minimum atomic E-state index is -0.534. The number of halogens is 2. The van der Waals surface area contributed by atoms with Crippen LogP contribution in [0.2, 0.25) is 0 Å². The molecule has 0 aliphatic carbocycles. The fourth-order valence-electron chi connectivity index (χ4n) is 3.99. The average molecular weight is 569 g/mol. The molecule has 0 fully saturated rings.